The van der Waals surface area contributed by atoms with Gasteiger partial charge >= 0.3 is 5.97 Å². The molecule has 1 aromatic carbocycles. The Kier molecular flexibility index (Phi) is 2.52. The Hall–Kier alpha value is -2.04. The van der Waals surface area contributed by atoms with Crippen LogP contribution in [0.5, 0.6) is 0 Å². The molecule has 1 aromatic heterocycles. The maximum Gasteiger partial charge on any atom is 0.354 e. The van der Waals surface area contributed by atoms with Crippen LogP contribution in [0.25, 0.3) is 10.9 Å². The summed E-state index contributed by atoms with van der Waals surface area (Å²) in [6, 6.07) is 4.20. The summed E-state index contributed by atoms with van der Waals surface area (Å²) >= 11 is 0. The quantitative estimate of drug-likeness (QED) is 0.603. The van der Waals surface area contributed by atoms with Crippen molar-refractivity contribution in [1.82, 2.24) is 4.98 Å². The maximum atomic E-state index is 13.4. The molecule has 0 aliphatic carbocycles. The van der Waals surface area contributed by atoms with Gasteiger partial charge in [0.15, 0.2) is 0 Å². The van der Waals surface area contributed by atoms with Gasteiger partial charge in [-0.1, -0.05) is 0 Å². The number of hydrogen-bond acceptors (Lipinski definition) is 3. The number of anilines is 1. The number of fused-ring (bicyclic) bond motifs is 1. The van der Waals surface area contributed by atoms with Crippen LogP contribution in [-0.4, -0.2) is 17.6 Å². The van der Waals surface area contributed by atoms with Gasteiger partial charge in [0, 0.05) is 11.1 Å². The average Bonchev–Trinajstić information content (AvgIpc) is 2.70. The number of ether oxygens (including phenoxy) is 1. The summed E-state index contributed by atoms with van der Waals surface area (Å²) in [6.45, 7) is 1.97. The summed E-state index contributed by atoms with van der Waals surface area (Å²) in [5, 5.41) is 0.489. The highest BCUT2D eigenvalue weighted by Gasteiger charge is 2.13. The van der Waals surface area contributed by atoms with E-state index < -0.39 is 11.8 Å². The normalized spacial score (nSPS) is 10.6. The number of hydrogen-bond donors (Lipinski definition) is 2. The van der Waals surface area contributed by atoms with Crippen LogP contribution in [-0.2, 0) is 4.74 Å². The smallest absolute Gasteiger partial charge is 0.354 e. The van der Waals surface area contributed by atoms with Crippen molar-refractivity contribution in [2.75, 3.05) is 12.3 Å². The van der Waals surface area contributed by atoms with Crippen LogP contribution in [0.2, 0.25) is 0 Å². The number of carbonyl (C=O) groups excluding carboxylic acids is 1. The van der Waals surface area contributed by atoms with Gasteiger partial charge in [-0.25, -0.2) is 9.18 Å². The third-order valence-electron chi connectivity index (χ3n) is 2.27. The zero-order chi connectivity index (χ0) is 11.7. The topological polar surface area (TPSA) is 68.1 Å². The first-order chi connectivity index (χ1) is 7.63. The van der Waals surface area contributed by atoms with Crippen LogP contribution in [0, 0.1) is 5.82 Å². The van der Waals surface area contributed by atoms with Crippen LogP contribution in [0.15, 0.2) is 18.2 Å². The lowest BCUT2D eigenvalue weighted by atomic mass is 10.2. The number of carbonyl (C=O) groups is 1. The summed E-state index contributed by atoms with van der Waals surface area (Å²) < 4.78 is 18.2. The first kappa shape index (κ1) is 10.5. The fraction of sp³-hybridized carbons (Fsp3) is 0.182. The van der Waals surface area contributed by atoms with Gasteiger partial charge in [0.25, 0.3) is 0 Å². The molecule has 3 N–H and O–H groups in total. The van der Waals surface area contributed by atoms with Gasteiger partial charge < -0.3 is 15.5 Å². The number of benzene rings is 1. The molecule has 0 aliphatic rings. The van der Waals surface area contributed by atoms with Crippen LogP contribution < -0.4 is 5.73 Å². The minimum Gasteiger partial charge on any atom is -0.461 e. The molecule has 0 unspecified atom stereocenters. The van der Waals surface area contributed by atoms with Crippen molar-refractivity contribution in [3.63, 3.8) is 0 Å². The van der Waals surface area contributed by atoms with Crippen molar-refractivity contribution >= 4 is 22.6 Å². The highest BCUT2D eigenvalue weighted by atomic mass is 19.1. The lowest BCUT2D eigenvalue weighted by molar-refractivity contribution is 0.0520. The van der Waals surface area contributed by atoms with Crippen LogP contribution in [0.4, 0.5) is 10.1 Å². The Morgan fingerprint density at radius 3 is 2.94 bits per heavy atom. The molecule has 0 aliphatic heterocycles. The SMILES string of the molecule is CCOC(=O)c1cc2c(N)ccc(F)c2[nH]1. The van der Waals surface area contributed by atoms with Crippen LogP contribution in [0.3, 0.4) is 0 Å². The lowest BCUT2D eigenvalue weighted by Crippen LogP contribution is -2.04. The Morgan fingerprint density at radius 2 is 2.31 bits per heavy atom. The minimum absolute atomic E-state index is 0.202. The van der Waals surface area contributed by atoms with Gasteiger partial charge in [-0.05, 0) is 25.1 Å². The van der Waals surface area contributed by atoms with Crippen LogP contribution >= 0.6 is 0 Å². The lowest BCUT2D eigenvalue weighted by Gasteiger charge is -1.96. The predicted octanol–water partition coefficient (Wildman–Crippen LogP) is 2.07. The molecule has 4 nitrogen and oxygen atoms in total. The van der Waals surface area contributed by atoms with E-state index in [0.29, 0.717) is 11.1 Å². The molecular weight excluding hydrogens is 211 g/mol. The highest BCUT2D eigenvalue weighted by Crippen LogP contribution is 2.24. The van der Waals surface area contributed by atoms with Gasteiger partial charge in [-0.3, -0.25) is 0 Å². The standard InChI is InChI=1S/C11H11FN2O2/c1-2-16-11(15)9-5-6-8(13)4-3-7(12)10(6)14-9/h3-5,14H,2,13H2,1H3. The number of nitrogens with one attached hydrogen (secondary N) is 1. The van der Waals surface area contributed by atoms with Crippen molar-refractivity contribution in [3.05, 3.63) is 29.7 Å². The molecule has 0 atom stereocenters. The van der Waals surface area contributed by atoms with E-state index in [0.717, 1.165) is 0 Å². The molecule has 2 rings (SSSR count). The van der Waals surface area contributed by atoms with Crippen molar-refractivity contribution in [2.45, 2.75) is 6.92 Å². The number of H-pyrrole nitrogens is 1. The molecule has 0 fully saturated rings. The van der Waals surface area contributed by atoms with E-state index in [-0.39, 0.29) is 17.8 Å². The number of nitrogen functional groups attached to an aromatic ring is 1. The monoisotopic (exact) mass is 222 g/mol. The van der Waals surface area contributed by atoms with Gasteiger partial charge in [0.2, 0.25) is 0 Å². The summed E-state index contributed by atoms with van der Waals surface area (Å²) in [4.78, 5) is 14.1. The highest BCUT2D eigenvalue weighted by molar-refractivity contribution is 5.99. The van der Waals surface area contributed by atoms with Gasteiger partial charge in [0.05, 0.1) is 12.1 Å². The second-order valence-corrected chi connectivity index (χ2v) is 3.33. The predicted molar refractivity (Wildman–Crippen MR) is 58.6 cm³/mol. The first-order valence-corrected chi connectivity index (χ1v) is 4.87. The fourth-order valence-electron chi connectivity index (χ4n) is 1.53. The number of halogens is 1. The van der Waals surface area contributed by atoms with Crippen molar-refractivity contribution in [3.8, 4) is 0 Å². The third kappa shape index (κ3) is 1.60. The number of nitrogens with two attached hydrogens (primary N) is 1. The molecule has 5 heteroatoms. The Labute approximate surface area is 91.2 Å². The summed E-state index contributed by atoms with van der Waals surface area (Å²) in [5.41, 5.74) is 6.52. The second-order valence-electron chi connectivity index (χ2n) is 3.33. The fourth-order valence-corrected chi connectivity index (χ4v) is 1.53. The van der Waals surface area contributed by atoms with Crippen molar-refractivity contribution in [2.24, 2.45) is 0 Å². The number of aromatic amines is 1. The number of esters is 1. The zero-order valence-electron chi connectivity index (χ0n) is 8.71. The van der Waals surface area contributed by atoms with Crippen LogP contribution in [0.1, 0.15) is 17.4 Å². The largest absolute Gasteiger partial charge is 0.461 e. The van der Waals surface area contributed by atoms with E-state index in [1.54, 1.807) is 6.92 Å². The van der Waals surface area contributed by atoms with Crippen molar-refractivity contribution < 1.29 is 13.9 Å². The average molecular weight is 222 g/mol. The first-order valence-electron chi connectivity index (χ1n) is 4.87. The molecular formula is C11H11FN2O2. The Morgan fingerprint density at radius 1 is 1.56 bits per heavy atom. The summed E-state index contributed by atoms with van der Waals surface area (Å²) in [7, 11) is 0. The third-order valence-corrected chi connectivity index (χ3v) is 2.27. The summed E-state index contributed by atoms with van der Waals surface area (Å²) in [6.07, 6.45) is 0. The molecule has 0 saturated heterocycles. The van der Waals surface area contributed by atoms with E-state index in [1.165, 1.54) is 18.2 Å². The Balaban J connectivity index is 2.55. The zero-order valence-corrected chi connectivity index (χ0v) is 8.71. The maximum absolute atomic E-state index is 13.4. The molecule has 0 bridgehead atoms. The molecule has 0 amide bonds. The van der Waals surface area contributed by atoms with E-state index in [9.17, 15) is 9.18 Å². The second kappa shape index (κ2) is 3.84. The van der Waals surface area contributed by atoms with E-state index in [2.05, 4.69) is 4.98 Å². The van der Waals surface area contributed by atoms with Gasteiger partial charge in [0.1, 0.15) is 11.5 Å². The number of rotatable bonds is 2. The Bertz CT molecular complexity index is 509. The van der Waals surface area contributed by atoms with E-state index >= 15 is 0 Å². The molecule has 0 radical (unpaired) electrons. The van der Waals surface area contributed by atoms with Gasteiger partial charge in [-0.15, -0.1) is 0 Å². The molecule has 2 aromatic rings. The molecule has 1 heterocycles. The van der Waals surface area contributed by atoms with Crippen molar-refractivity contribution in [1.29, 1.82) is 0 Å². The molecule has 84 valence electrons. The van der Waals surface area contributed by atoms with E-state index in [1.807, 2.05) is 0 Å². The van der Waals surface area contributed by atoms with Gasteiger partial charge in [-0.2, -0.15) is 0 Å². The van der Waals surface area contributed by atoms with E-state index in [4.69, 9.17) is 10.5 Å². The molecule has 0 saturated carbocycles. The number of aromatic nitrogens is 1. The minimum atomic E-state index is -0.516. The molecule has 16 heavy (non-hydrogen) atoms. The summed E-state index contributed by atoms with van der Waals surface area (Å²) in [5.74, 6) is -0.961. The molecule has 0 spiro atoms.